The van der Waals surface area contributed by atoms with E-state index in [1.165, 1.54) is 29.1 Å². The number of amides is 1. The average molecular weight is 539 g/mol. The first-order chi connectivity index (χ1) is 16.8. The van der Waals surface area contributed by atoms with Gasteiger partial charge in [-0.25, -0.2) is 12.7 Å². The van der Waals surface area contributed by atoms with Crippen LogP contribution in [-0.4, -0.2) is 49.7 Å². The highest BCUT2D eigenvalue weighted by atomic mass is 35.5. The Bertz CT molecular complexity index is 1130. The lowest BCUT2D eigenvalue weighted by Gasteiger charge is -2.31. The Morgan fingerprint density at radius 1 is 0.914 bits per heavy atom. The van der Waals surface area contributed by atoms with Gasteiger partial charge >= 0.3 is 0 Å². The van der Waals surface area contributed by atoms with Gasteiger partial charge in [0.15, 0.2) is 0 Å². The topological polar surface area (TPSA) is 69.7 Å². The fourth-order valence-corrected chi connectivity index (χ4v) is 6.77. The second-order valence-electron chi connectivity index (χ2n) is 9.50. The van der Waals surface area contributed by atoms with Crippen LogP contribution in [0.5, 0.6) is 0 Å². The van der Waals surface area contributed by atoms with E-state index in [9.17, 15) is 13.2 Å². The summed E-state index contributed by atoms with van der Waals surface area (Å²) in [6.07, 6.45) is 4.84. The summed E-state index contributed by atoms with van der Waals surface area (Å²) in [5.74, 6) is -0.311. The maximum atomic E-state index is 12.9. The molecule has 0 spiro atoms. The normalized spacial score (nSPS) is 18.5. The second kappa shape index (κ2) is 12.1. The summed E-state index contributed by atoms with van der Waals surface area (Å²) in [5, 5.41) is 3.84. The van der Waals surface area contributed by atoms with Crippen molar-refractivity contribution in [3.8, 4) is 0 Å². The number of nitrogens with one attached hydrogen (secondary N) is 1. The van der Waals surface area contributed by atoms with Crippen LogP contribution in [0.2, 0.25) is 10.0 Å². The SMILES string of the molecule is O=C(NCc1ccccc1CN1CCCCC1)C1CCN(S(=O)(=O)Cc2ccc(Cl)c(Cl)c2)CC1. The van der Waals surface area contributed by atoms with Gasteiger partial charge in [-0.1, -0.05) is 60.0 Å². The summed E-state index contributed by atoms with van der Waals surface area (Å²) in [4.78, 5) is 15.4. The molecule has 0 bridgehead atoms. The molecule has 0 aliphatic carbocycles. The number of hydrogen-bond donors (Lipinski definition) is 1. The first-order valence-electron chi connectivity index (χ1n) is 12.3. The van der Waals surface area contributed by atoms with Crippen molar-refractivity contribution in [3.05, 3.63) is 69.2 Å². The third-order valence-electron chi connectivity index (χ3n) is 6.97. The van der Waals surface area contributed by atoms with Crippen LogP contribution < -0.4 is 5.32 Å². The molecule has 2 saturated heterocycles. The lowest BCUT2D eigenvalue weighted by atomic mass is 9.97. The van der Waals surface area contributed by atoms with E-state index in [4.69, 9.17) is 23.2 Å². The molecule has 9 heteroatoms. The number of sulfonamides is 1. The third kappa shape index (κ3) is 7.20. The Labute approximate surface area is 218 Å². The number of hydrogen-bond acceptors (Lipinski definition) is 4. The molecule has 0 unspecified atom stereocenters. The summed E-state index contributed by atoms with van der Waals surface area (Å²) >= 11 is 12.0. The minimum absolute atomic E-state index is 0.000642. The van der Waals surface area contributed by atoms with Gasteiger partial charge in [0.2, 0.25) is 15.9 Å². The highest BCUT2D eigenvalue weighted by Crippen LogP contribution is 2.26. The first-order valence-corrected chi connectivity index (χ1v) is 14.7. The zero-order valence-corrected chi connectivity index (χ0v) is 22.2. The van der Waals surface area contributed by atoms with Crippen molar-refractivity contribution in [2.75, 3.05) is 26.2 Å². The Kier molecular flexibility index (Phi) is 9.11. The van der Waals surface area contributed by atoms with Crippen molar-refractivity contribution in [3.63, 3.8) is 0 Å². The van der Waals surface area contributed by atoms with E-state index in [2.05, 4.69) is 28.4 Å². The van der Waals surface area contributed by atoms with E-state index in [-0.39, 0.29) is 17.6 Å². The summed E-state index contributed by atoms with van der Waals surface area (Å²) in [7, 11) is -3.49. The molecular weight excluding hydrogens is 505 g/mol. The van der Waals surface area contributed by atoms with Gasteiger partial charge in [-0.2, -0.15) is 0 Å². The smallest absolute Gasteiger partial charge is 0.223 e. The number of halogens is 2. The Morgan fingerprint density at radius 2 is 1.60 bits per heavy atom. The maximum absolute atomic E-state index is 12.9. The van der Waals surface area contributed by atoms with Crippen LogP contribution >= 0.6 is 23.2 Å². The van der Waals surface area contributed by atoms with E-state index >= 15 is 0 Å². The predicted molar refractivity (Wildman–Crippen MR) is 141 cm³/mol. The summed E-state index contributed by atoms with van der Waals surface area (Å²) in [5.41, 5.74) is 3.01. The van der Waals surface area contributed by atoms with Gasteiger partial charge in [-0.15, -0.1) is 0 Å². The van der Waals surface area contributed by atoms with Crippen LogP contribution in [0.1, 0.15) is 48.8 Å². The van der Waals surface area contributed by atoms with Gasteiger partial charge in [0, 0.05) is 32.1 Å². The Hall–Kier alpha value is -1.64. The van der Waals surface area contributed by atoms with Crippen molar-refractivity contribution < 1.29 is 13.2 Å². The van der Waals surface area contributed by atoms with Crippen molar-refractivity contribution in [2.24, 2.45) is 5.92 Å². The molecule has 0 aromatic heterocycles. The molecule has 0 radical (unpaired) electrons. The summed E-state index contributed by atoms with van der Waals surface area (Å²) in [6, 6.07) is 13.2. The van der Waals surface area contributed by atoms with E-state index < -0.39 is 10.0 Å². The van der Waals surface area contributed by atoms with Crippen LogP contribution in [-0.2, 0) is 33.7 Å². The molecule has 190 valence electrons. The number of benzene rings is 2. The van der Waals surface area contributed by atoms with Gasteiger partial charge in [0.25, 0.3) is 0 Å². The highest BCUT2D eigenvalue weighted by molar-refractivity contribution is 7.88. The van der Waals surface area contributed by atoms with Crippen molar-refractivity contribution in [2.45, 2.75) is 50.9 Å². The van der Waals surface area contributed by atoms with Crippen LogP contribution in [0, 0.1) is 5.92 Å². The van der Waals surface area contributed by atoms with Crippen LogP contribution in [0.4, 0.5) is 0 Å². The standard InChI is InChI=1S/C26H33Cl2N3O3S/c27-24-9-8-20(16-25(24)28)19-35(33,34)31-14-10-21(11-15-31)26(32)29-17-22-6-2-3-7-23(22)18-30-12-4-1-5-13-30/h2-3,6-9,16,21H,1,4-5,10-15,17-19H2,(H,29,32). The largest absolute Gasteiger partial charge is 0.352 e. The lowest BCUT2D eigenvalue weighted by Crippen LogP contribution is -2.43. The zero-order valence-electron chi connectivity index (χ0n) is 19.9. The minimum Gasteiger partial charge on any atom is -0.352 e. The molecule has 2 aliphatic heterocycles. The monoisotopic (exact) mass is 537 g/mol. The average Bonchev–Trinajstić information content (AvgIpc) is 2.86. The fourth-order valence-electron chi connectivity index (χ4n) is 4.90. The predicted octanol–water partition coefficient (Wildman–Crippen LogP) is 4.84. The van der Waals surface area contributed by atoms with Crippen molar-refractivity contribution in [1.29, 1.82) is 0 Å². The molecule has 2 heterocycles. The molecular formula is C26H33Cl2N3O3S. The van der Waals surface area contributed by atoms with E-state index in [1.807, 2.05) is 6.07 Å². The Morgan fingerprint density at radius 3 is 2.29 bits per heavy atom. The molecule has 35 heavy (non-hydrogen) atoms. The van der Waals surface area contributed by atoms with E-state index in [1.54, 1.807) is 18.2 Å². The van der Waals surface area contributed by atoms with Crippen LogP contribution in [0.15, 0.2) is 42.5 Å². The molecule has 1 N–H and O–H groups in total. The molecule has 0 atom stereocenters. The third-order valence-corrected chi connectivity index (χ3v) is 9.55. The molecule has 1 amide bonds. The quantitative estimate of drug-likeness (QED) is 0.523. The molecule has 2 aliphatic rings. The number of rotatable bonds is 8. The molecule has 2 aromatic rings. The number of carbonyl (C=O) groups excluding carboxylic acids is 1. The second-order valence-corrected chi connectivity index (χ2v) is 12.3. The molecule has 0 saturated carbocycles. The maximum Gasteiger partial charge on any atom is 0.223 e. The summed E-state index contributed by atoms with van der Waals surface area (Å²) in [6.45, 7) is 4.36. The number of likely N-dealkylation sites (tertiary alicyclic amines) is 1. The van der Waals surface area contributed by atoms with Gasteiger partial charge in [0.05, 0.1) is 15.8 Å². The highest BCUT2D eigenvalue weighted by Gasteiger charge is 2.31. The fraction of sp³-hybridized carbons (Fsp3) is 0.500. The Balaban J connectivity index is 1.27. The number of nitrogens with zero attached hydrogens (tertiary/aromatic N) is 2. The molecule has 4 rings (SSSR count). The number of carbonyl (C=O) groups is 1. The van der Waals surface area contributed by atoms with Gasteiger partial charge in [0.1, 0.15) is 0 Å². The van der Waals surface area contributed by atoms with E-state index in [0.717, 1.165) is 25.2 Å². The number of piperidine rings is 2. The molecule has 2 fully saturated rings. The van der Waals surface area contributed by atoms with Crippen molar-refractivity contribution in [1.82, 2.24) is 14.5 Å². The zero-order chi connectivity index (χ0) is 24.8. The van der Waals surface area contributed by atoms with Gasteiger partial charge in [-0.3, -0.25) is 9.69 Å². The van der Waals surface area contributed by atoms with Gasteiger partial charge in [-0.05, 0) is 67.6 Å². The minimum atomic E-state index is -3.49. The molecule has 6 nitrogen and oxygen atoms in total. The van der Waals surface area contributed by atoms with Crippen LogP contribution in [0.3, 0.4) is 0 Å². The van der Waals surface area contributed by atoms with Gasteiger partial charge < -0.3 is 5.32 Å². The lowest BCUT2D eigenvalue weighted by molar-refractivity contribution is -0.126. The van der Waals surface area contributed by atoms with Crippen molar-refractivity contribution >= 4 is 39.1 Å². The molecule has 2 aromatic carbocycles. The first kappa shape index (κ1) is 26.4. The van der Waals surface area contributed by atoms with E-state index in [0.29, 0.717) is 48.1 Å². The summed E-state index contributed by atoms with van der Waals surface area (Å²) < 4.78 is 27.2. The van der Waals surface area contributed by atoms with Crippen LogP contribution in [0.25, 0.3) is 0 Å².